The minimum absolute atomic E-state index is 0.0502. The third kappa shape index (κ3) is 2.64. The van der Waals surface area contributed by atoms with Crippen LogP contribution in [0, 0.1) is 0 Å². The third-order valence-corrected chi connectivity index (χ3v) is 1.70. The third-order valence-electron chi connectivity index (χ3n) is 1.38. The number of nitrogens with zero attached hydrogens (tertiary/aromatic N) is 1. The predicted octanol–water partition coefficient (Wildman–Crippen LogP) is 2.10. The second-order valence-electron chi connectivity index (χ2n) is 2.62. The Labute approximate surface area is 77.1 Å². The van der Waals surface area contributed by atoms with Crippen molar-refractivity contribution in [1.29, 1.82) is 0 Å². The van der Waals surface area contributed by atoms with Crippen LogP contribution in [0.2, 0.25) is 5.02 Å². The maximum Gasteiger partial charge on any atom is 0.0661 e. The predicted molar refractivity (Wildman–Crippen MR) is 51.9 cm³/mol. The van der Waals surface area contributed by atoms with Crippen molar-refractivity contribution in [3.05, 3.63) is 35.1 Å². The number of halogens is 1. The Balaban J connectivity index is 2.82. The van der Waals surface area contributed by atoms with Crippen molar-refractivity contribution >= 4 is 17.7 Å². The monoisotopic (exact) mass is 182 g/mol. The first kappa shape index (κ1) is 9.23. The van der Waals surface area contributed by atoms with E-state index < -0.39 is 0 Å². The van der Waals surface area contributed by atoms with E-state index in [-0.39, 0.29) is 6.04 Å². The highest BCUT2D eigenvalue weighted by Gasteiger charge is 1.93. The molecule has 0 spiro atoms. The Morgan fingerprint density at radius 2 is 2.42 bits per heavy atom. The number of pyridine rings is 1. The van der Waals surface area contributed by atoms with Gasteiger partial charge in [0.25, 0.3) is 0 Å². The standard InChI is InChI=1S/C9H11ClN2/c1-7(11)2-3-8-4-5-12-6-9(8)10/h2-7H,11H2,1H3/b3-2+. The van der Waals surface area contributed by atoms with Crippen molar-refractivity contribution in [3.63, 3.8) is 0 Å². The Bertz CT molecular complexity index is 282. The van der Waals surface area contributed by atoms with Crippen LogP contribution in [-0.4, -0.2) is 11.0 Å². The first-order valence-corrected chi connectivity index (χ1v) is 4.11. The zero-order chi connectivity index (χ0) is 8.97. The summed E-state index contributed by atoms with van der Waals surface area (Å²) in [4.78, 5) is 3.87. The number of hydrogen-bond donors (Lipinski definition) is 1. The van der Waals surface area contributed by atoms with E-state index in [1.54, 1.807) is 12.4 Å². The molecule has 0 aliphatic carbocycles. The van der Waals surface area contributed by atoms with Gasteiger partial charge in [-0.15, -0.1) is 0 Å². The first-order chi connectivity index (χ1) is 5.70. The van der Waals surface area contributed by atoms with E-state index in [4.69, 9.17) is 17.3 Å². The lowest BCUT2D eigenvalue weighted by Gasteiger charge is -1.97. The average Bonchev–Trinajstić information content (AvgIpc) is 2.03. The molecule has 3 heteroatoms. The van der Waals surface area contributed by atoms with Gasteiger partial charge in [-0.3, -0.25) is 4.98 Å². The summed E-state index contributed by atoms with van der Waals surface area (Å²) in [5.41, 5.74) is 6.49. The van der Waals surface area contributed by atoms with Gasteiger partial charge in [-0.25, -0.2) is 0 Å². The smallest absolute Gasteiger partial charge is 0.0661 e. The maximum atomic E-state index is 5.85. The molecule has 1 aromatic rings. The van der Waals surface area contributed by atoms with Gasteiger partial charge in [0.1, 0.15) is 0 Å². The van der Waals surface area contributed by atoms with Crippen LogP contribution in [0.3, 0.4) is 0 Å². The van der Waals surface area contributed by atoms with Crippen molar-refractivity contribution in [2.24, 2.45) is 5.73 Å². The van der Waals surface area contributed by atoms with E-state index in [1.807, 2.05) is 25.1 Å². The second-order valence-corrected chi connectivity index (χ2v) is 3.02. The molecular weight excluding hydrogens is 172 g/mol. The molecule has 0 radical (unpaired) electrons. The van der Waals surface area contributed by atoms with Gasteiger partial charge in [0, 0.05) is 18.4 Å². The molecular formula is C9H11ClN2. The van der Waals surface area contributed by atoms with Crippen molar-refractivity contribution in [2.75, 3.05) is 0 Å². The maximum absolute atomic E-state index is 5.85. The summed E-state index contributed by atoms with van der Waals surface area (Å²) in [6.07, 6.45) is 7.10. The van der Waals surface area contributed by atoms with Gasteiger partial charge in [-0.05, 0) is 18.6 Å². The Morgan fingerprint density at radius 1 is 1.67 bits per heavy atom. The molecule has 1 unspecified atom stereocenters. The Hall–Kier alpha value is -0.860. The van der Waals surface area contributed by atoms with Gasteiger partial charge in [-0.1, -0.05) is 23.8 Å². The fraction of sp³-hybridized carbons (Fsp3) is 0.222. The second kappa shape index (κ2) is 4.24. The lowest BCUT2D eigenvalue weighted by atomic mass is 10.2. The fourth-order valence-corrected chi connectivity index (χ4v) is 0.959. The molecule has 0 aliphatic rings. The van der Waals surface area contributed by atoms with Crippen LogP contribution in [0.25, 0.3) is 6.08 Å². The topological polar surface area (TPSA) is 38.9 Å². The van der Waals surface area contributed by atoms with Gasteiger partial charge < -0.3 is 5.73 Å². The summed E-state index contributed by atoms with van der Waals surface area (Å²) in [5.74, 6) is 0. The summed E-state index contributed by atoms with van der Waals surface area (Å²) >= 11 is 5.85. The summed E-state index contributed by atoms with van der Waals surface area (Å²) in [6.45, 7) is 1.91. The van der Waals surface area contributed by atoms with Crippen LogP contribution in [0.1, 0.15) is 12.5 Å². The van der Waals surface area contributed by atoms with Crippen molar-refractivity contribution in [1.82, 2.24) is 4.98 Å². The molecule has 2 nitrogen and oxygen atoms in total. The highest BCUT2D eigenvalue weighted by Crippen LogP contribution is 2.14. The zero-order valence-electron chi connectivity index (χ0n) is 6.87. The zero-order valence-corrected chi connectivity index (χ0v) is 7.62. The fourth-order valence-electron chi connectivity index (χ4n) is 0.777. The summed E-state index contributed by atoms with van der Waals surface area (Å²) < 4.78 is 0. The van der Waals surface area contributed by atoms with E-state index in [1.165, 1.54) is 0 Å². The van der Waals surface area contributed by atoms with Gasteiger partial charge in [0.05, 0.1) is 5.02 Å². The molecule has 0 fully saturated rings. The van der Waals surface area contributed by atoms with Crippen LogP contribution in [0.15, 0.2) is 24.5 Å². The molecule has 2 N–H and O–H groups in total. The lowest BCUT2D eigenvalue weighted by Crippen LogP contribution is -2.09. The Morgan fingerprint density at radius 3 is 3.00 bits per heavy atom. The molecule has 12 heavy (non-hydrogen) atoms. The van der Waals surface area contributed by atoms with Crippen LogP contribution in [0.4, 0.5) is 0 Å². The van der Waals surface area contributed by atoms with Crippen LogP contribution < -0.4 is 5.73 Å². The van der Waals surface area contributed by atoms with Crippen LogP contribution in [0.5, 0.6) is 0 Å². The summed E-state index contributed by atoms with van der Waals surface area (Å²) in [7, 11) is 0. The van der Waals surface area contributed by atoms with Gasteiger partial charge >= 0.3 is 0 Å². The summed E-state index contributed by atoms with van der Waals surface area (Å²) in [6, 6.07) is 1.90. The number of aromatic nitrogens is 1. The van der Waals surface area contributed by atoms with Gasteiger partial charge in [0.2, 0.25) is 0 Å². The average molecular weight is 183 g/mol. The Kier molecular flexibility index (Phi) is 3.26. The number of nitrogens with two attached hydrogens (primary N) is 1. The quantitative estimate of drug-likeness (QED) is 0.761. The molecule has 1 rings (SSSR count). The number of rotatable bonds is 2. The lowest BCUT2D eigenvalue weighted by molar-refractivity contribution is 0.931. The molecule has 0 amide bonds. The van der Waals surface area contributed by atoms with Gasteiger partial charge in [-0.2, -0.15) is 0 Å². The minimum atomic E-state index is 0.0502. The summed E-state index contributed by atoms with van der Waals surface area (Å²) in [5, 5.41) is 0.648. The molecule has 0 saturated heterocycles. The largest absolute Gasteiger partial charge is 0.325 e. The highest BCUT2D eigenvalue weighted by molar-refractivity contribution is 6.31. The van der Waals surface area contributed by atoms with E-state index in [2.05, 4.69) is 4.98 Å². The van der Waals surface area contributed by atoms with Crippen LogP contribution in [-0.2, 0) is 0 Å². The molecule has 0 aliphatic heterocycles. The van der Waals surface area contributed by atoms with Gasteiger partial charge in [0.15, 0.2) is 0 Å². The van der Waals surface area contributed by atoms with Crippen molar-refractivity contribution in [3.8, 4) is 0 Å². The van der Waals surface area contributed by atoms with E-state index in [0.29, 0.717) is 5.02 Å². The molecule has 0 aromatic carbocycles. The van der Waals surface area contributed by atoms with Crippen LogP contribution >= 0.6 is 11.6 Å². The van der Waals surface area contributed by atoms with E-state index >= 15 is 0 Å². The minimum Gasteiger partial charge on any atom is -0.325 e. The normalized spacial score (nSPS) is 13.6. The molecule has 1 heterocycles. The molecule has 64 valence electrons. The molecule has 1 aromatic heterocycles. The van der Waals surface area contributed by atoms with E-state index in [9.17, 15) is 0 Å². The molecule has 0 saturated carbocycles. The van der Waals surface area contributed by atoms with E-state index in [0.717, 1.165) is 5.56 Å². The van der Waals surface area contributed by atoms with Crippen molar-refractivity contribution in [2.45, 2.75) is 13.0 Å². The molecule has 1 atom stereocenters. The first-order valence-electron chi connectivity index (χ1n) is 3.73. The van der Waals surface area contributed by atoms with Crippen molar-refractivity contribution < 1.29 is 0 Å². The SMILES string of the molecule is CC(N)/C=C/c1ccncc1Cl. The molecule has 0 bridgehead atoms. The highest BCUT2D eigenvalue weighted by atomic mass is 35.5. The number of hydrogen-bond acceptors (Lipinski definition) is 2.